The van der Waals surface area contributed by atoms with Gasteiger partial charge >= 0.3 is 0 Å². The number of nitrogens with zero attached hydrogens (tertiary/aromatic N) is 3. The molecule has 84 valence electrons. The monoisotopic (exact) mass is 227 g/mol. The van der Waals surface area contributed by atoms with Gasteiger partial charge < -0.3 is 5.73 Å². The Kier molecular flexibility index (Phi) is 1.94. The van der Waals surface area contributed by atoms with Gasteiger partial charge in [0.25, 0.3) is 5.91 Å². The summed E-state index contributed by atoms with van der Waals surface area (Å²) in [6, 6.07) is 7.42. The summed E-state index contributed by atoms with van der Waals surface area (Å²) >= 11 is 0. The maximum absolute atomic E-state index is 11.3. The first-order valence-corrected chi connectivity index (χ1v) is 5.04. The molecular formula is C11H9N5O. The molecule has 0 fully saturated rings. The SMILES string of the molecule is NC(=O)c1nn(-c2cn[nH]c2)c2ccccc12. The highest BCUT2D eigenvalue weighted by atomic mass is 16.1. The van der Waals surface area contributed by atoms with Crippen molar-refractivity contribution in [2.45, 2.75) is 0 Å². The standard InChI is InChI=1S/C11H9N5O/c12-11(17)10-8-3-1-2-4-9(8)16(15-10)7-5-13-14-6-7/h1-6H,(H2,12,17)(H,13,14). The molecule has 0 saturated heterocycles. The van der Waals surface area contributed by atoms with E-state index in [1.807, 2.05) is 24.3 Å². The van der Waals surface area contributed by atoms with Crippen molar-refractivity contribution in [1.29, 1.82) is 0 Å². The summed E-state index contributed by atoms with van der Waals surface area (Å²) in [5.74, 6) is -0.538. The number of primary amides is 1. The maximum atomic E-state index is 11.3. The van der Waals surface area contributed by atoms with Crippen LogP contribution >= 0.6 is 0 Å². The molecule has 3 aromatic rings. The summed E-state index contributed by atoms with van der Waals surface area (Å²) < 4.78 is 1.64. The molecule has 6 nitrogen and oxygen atoms in total. The van der Waals surface area contributed by atoms with Crippen LogP contribution in [0.4, 0.5) is 0 Å². The zero-order valence-electron chi connectivity index (χ0n) is 8.79. The summed E-state index contributed by atoms with van der Waals surface area (Å²) in [4.78, 5) is 11.3. The molecule has 0 atom stereocenters. The van der Waals surface area contributed by atoms with E-state index in [1.165, 1.54) is 0 Å². The number of para-hydroxylation sites is 1. The van der Waals surface area contributed by atoms with Gasteiger partial charge in [-0.15, -0.1) is 0 Å². The molecule has 0 bridgehead atoms. The molecule has 6 heteroatoms. The second kappa shape index (κ2) is 3.44. The number of benzene rings is 1. The number of carbonyl (C=O) groups is 1. The summed E-state index contributed by atoms with van der Waals surface area (Å²) in [6.45, 7) is 0. The van der Waals surface area contributed by atoms with Gasteiger partial charge in [0.05, 0.1) is 11.7 Å². The molecule has 3 N–H and O–H groups in total. The maximum Gasteiger partial charge on any atom is 0.269 e. The average Bonchev–Trinajstić information content (AvgIpc) is 2.95. The first kappa shape index (κ1) is 9.59. The number of aromatic amines is 1. The van der Waals surface area contributed by atoms with Gasteiger partial charge in [-0.25, -0.2) is 4.68 Å². The summed E-state index contributed by atoms with van der Waals surface area (Å²) in [5.41, 5.74) is 7.15. The fourth-order valence-corrected chi connectivity index (χ4v) is 1.81. The number of H-pyrrole nitrogens is 1. The first-order valence-electron chi connectivity index (χ1n) is 5.04. The van der Waals surface area contributed by atoms with Crippen molar-refractivity contribution in [2.24, 2.45) is 5.73 Å². The van der Waals surface area contributed by atoms with E-state index < -0.39 is 5.91 Å². The van der Waals surface area contributed by atoms with E-state index in [1.54, 1.807) is 17.1 Å². The summed E-state index contributed by atoms with van der Waals surface area (Å²) in [6.07, 6.45) is 3.33. The minimum absolute atomic E-state index is 0.266. The zero-order chi connectivity index (χ0) is 11.8. The number of nitrogens with two attached hydrogens (primary N) is 1. The Hall–Kier alpha value is -2.63. The van der Waals surface area contributed by atoms with Crippen LogP contribution in [0.5, 0.6) is 0 Å². The lowest BCUT2D eigenvalue weighted by atomic mass is 10.2. The largest absolute Gasteiger partial charge is 0.364 e. The van der Waals surface area contributed by atoms with E-state index in [4.69, 9.17) is 5.73 Å². The third-order valence-corrected chi connectivity index (χ3v) is 2.55. The van der Waals surface area contributed by atoms with Gasteiger partial charge in [0.2, 0.25) is 0 Å². The fraction of sp³-hybridized carbons (Fsp3) is 0. The van der Waals surface area contributed by atoms with Gasteiger partial charge in [-0.3, -0.25) is 9.89 Å². The molecule has 0 spiro atoms. The second-order valence-electron chi connectivity index (χ2n) is 3.60. The first-order chi connectivity index (χ1) is 8.27. The molecule has 0 radical (unpaired) electrons. The number of amides is 1. The third kappa shape index (κ3) is 1.38. The summed E-state index contributed by atoms with van der Waals surface area (Å²) in [5, 5.41) is 11.5. The molecule has 0 aliphatic heterocycles. The Morgan fingerprint density at radius 1 is 1.35 bits per heavy atom. The van der Waals surface area contributed by atoms with Crippen LogP contribution in [0.2, 0.25) is 0 Å². The van der Waals surface area contributed by atoms with E-state index in [2.05, 4.69) is 15.3 Å². The van der Waals surface area contributed by atoms with Gasteiger partial charge in [-0.2, -0.15) is 10.2 Å². The van der Waals surface area contributed by atoms with Crippen LogP contribution in [0.15, 0.2) is 36.7 Å². The van der Waals surface area contributed by atoms with Crippen LogP contribution in [0.3, 0.4) is 0 Å². The highest BCUT2D eigenvalue weighted by Crippen LogP contribution is 2.20. The van der Waals surface area contributed by atoms with Crippen molar-refractivity contribution in [3.63, 3.8) is 0 Å². The topological polar surface area (TPSA) is 89.6 Å². The molecule has 0 aliphatic carbocycles. The Morgan fingerprint density at radius 3 is 2.88 bits per heavy atom. The van der Waals surface area contributed by atoms with Gasteiger partial charge in [-0.05, 0) is 6.07 Å². The molecule has 0 unspecified atom stereocenters. The Bertz CT molecular complexity index is 683. The van der Waals surface area contributed by atoms with Crippen LogP contribution in [-0.2, 0) is 0 Å². The smallest absolute Gasteiger partial charge is 0.269 e. The lowest BCUT2D eigenvalue weighted by molar-refractivity contribution is 0.0996. The Balaban J connectivity index is 2.37. The van der Waals surface area contributed by atoms with E-state index in [9.17, 15) is 4.79 Å². The number of aromatic nitrogens is 4. The number of fused-ring (bicyclic) bond motifs is 1. The van der Waals surface area contributed by atoms with E-state index in [0.29, 0.717) is 0 Å². The molecule has 0 saturated carbocycles. The van der Waals surface area contributed by atoms with Gasteiger partial charge in [0.15, 0.2) is 5.69 Å². The fourth-order valence-electron chi connectivity index (χ4n) is 1.81. The van der Waals surface area contributed by atoms with Gasteiger partial charge in [0, 0.05) is 11.6 Å². The Morgan fingerprint density at radius 2 is 2.18 bits per heavy atom. The van der Waals surface area contributed by atoms with Crippen LogP contribution in [0.1, 0.15) is 10.5 Å². The van der Waals surface area contributed by atoms with Crippen LogP contribution in [-0.4, -0.2) is 25.9 Å². The molecule has 17 heavy (non-hydrogen) atoms. The quantitative estimate of drug-likeness (QED) is 0.680. The van der Waals surface area contributed by atoms with Crippen molar-refractivity contribution in [2.75, 3.05) is 0 Å². The summed E-state index contributed by atoms with van der Waals surface area (Å²) in [7, 11) is 0. The van der Waals surface area contributed by atoms with Crippen LogP contribution in [0, 0.1) is 0 Å². The highest BCUT2D eigenvalue weighted by molar-refractivity contribution is 6.04. The van der Waals surface area contributed by atoms with Crippen molar-refractivity contribution < 1.29 is 4.79 Å². The second-order valence-corrected chi connectivity index (χ2v) is 3.60. The zero-order valence-corrected chi connectivity index (χ0v) is 8.79. The lowest BCUT2D eigenvalue weighted by Gasteiger charge is -1.97. The van der Waals surface area contributed by atoms with E-state index in [0.717, 1.165) is 16.6 Å². The molecule has 1 amide bonds. The van der Waals surface area contributed by atoms with Crippen molar-refractivity contribution in [3.8, 4) is 5.69 Å². The van der Waals surface area contributed by atoms with Crippen molar-refractivity contribution in [1.82, 2.24) is 20.0 Å². The molecule has 2 heterocycles. The minimum atomic E-state index is -0.538. The van der Waals surface area contributed by atoms with Crippen molar-refractivity contribution in [3.05, 3.63) is 42.4 Å². The van der Waals surface area contributed by atoms with Gasteiger partial charge in [0.1, 0.15) is 5.69 Å². The normalized spacial score (nSPS) is 10.8. The third-order valence-electron chi connectivity index (χ3n) is 2.55. The molecule has 0 aliphatic rings. The average molecular weight is 227 g/mol. The highest BCUT2D eigenvalue weighted by Gasteiger charge is 2.15. The Labute approximate surface area is 96.0 Å². The molecule has 1 aromatic carbocycles. The number of nitrogens with one attached hydrogen (secondary N) is 1. The van der Waals surface area contributed by atoms with Crippen LogP contribution in [0.25, 0.3) is 16.6 Å². The number of hydrogen-bond acceptors (Lipinski definition) is 3. The van der Waals surface area contributed by atoms with Gasteiger partial charge in [-0.1, -0.05) is 18.2 Å². The molecule has 2 aromatic heterocycles. The minimum Gasteiger partial charge on any atom is -0.364 e. The molecule has 3 rings (SSSR count). The van der Waals surface area contributed by atoms with E-state index in [-0.39, 0.29) is 5.69 Å². The number of hydrogen-bond donors (Lipinski definition) is 2. The predicted octanol–water partition coefficient (Wildman–Crippen LogP) is 0.847. The van der Waals surface area contributed by atoms with Crippen LogP contribution < -0.4 is 5.73 Å². The van der Waals surface area contributed by atoms with E-state index >= 15 is 0 Å². The number of carbonyl (C=O) groups excluding carboxylic acids is 1. The lowest BCUT2D eigenvalue weighted by Crippen LogP contribution is -2.12. The molecular weight excluding hydrogens is 218 g/mol. The number of rotatable bonds is 2. The van der Waals surface area contributed by atoms with Crippen molar-refractivity contribution >= 4 is 16.8 Å². The predicted molar refractivity (Wildman–Crippen MR) is 61.7 cm³/mol.